The summed E-state index contributed by atoms with van der Waals surface area (Å²) in [6.07, 6.45) is 6.67. The van der Waals surface area contributed by atoms with Gasteiger partial charge in [0, 0.05) is 16.6 Å². The first-order chi connectivity index (χ1) is 12.2. The lowest BCUT2D eigenvalue weighted by Gasteiger charge is -2.19. The normalized spacial score (nSPS) is 15.2. The van der Waals surface area contributed by atoms with Crippen molar-refractivity contribution in [1.29, 1.82) is 0 Å². The largest absolute Gasteiger partial charge is 0.367 e. The van der Waals surface area contributed by atoms with Gasteiger partial charge in [-0.1, -0.05) is 66.0 Å². The van der Waals surface area contributed by atoms with Crippen molar-refractivity contribution in [2.24, 2.45) is 0 Å². The van der Waals surface area contributed by atoms with Gasteiger partial charge in [-0.25, -0.2) is 0 Å². The average Bonchev–Trinajstić information content (AvgIpc) is 3.25. The zero-order valence-electron chi connectivity index (χ0n) is 13.7. The highest BCUT2D eigenvalue weighted by atomic mass is 35.5. The molecule has 1 saturated carbocycles. The van der Waals surface area contributed by atoms with Crippen LogP contribution in [0.2, 0.25) is 10.2 Å². The quantitative estimate of drug-likeness (QED) is 0.489. The summed E-state index contributed by atoms with van der Waals surface area (Å²) in [6.45, 7) is 0. The third-order valence-electron chi connectivity index (χ3n) is 4.45. The molecule has 4 rings (SSSR count). The Morgan fingerprint density at radius 1 is 1.16 bits per heavy atom. The summed E-state index contributed by atoms with van der Waals surface area (Å²) >= 11 is 14.5. The van der Waals surface area contributed by atoms with E-state index in [1.807, 2.05) is 30.5 Å². The van der Waals surface area contributed by atoms with Gasteiger partial charge in [-0.15, -0.1) is 5.10 Å². The Hall–Kier alpha value is -1.50. The van der Waals surface area contributed by atoms with Crippen molar-refractivity contribution in [2.75, 3.05) is 11.6 Å². The molecule has 2 heterocycles. The molecule has 1 aliphatic rings. The summed E-state index contributed by atoms with van der Waals surface area (Å²) in [5.74, 6) is 1.30. The third kappa shape index (κ3) is 3.18. The van der Waals surface area contributed by atoms with Crippen LogP contribution < -0.4 is 5.32 Å². The van der Waals surface area contributed by atoms with E-state index in [4.69, 9.17) is 23.2 Å². The summed E-state index contributed by atoms with van der Waals surface area (Å²) in [5, 5.41) is 9.86. The van der Waals surface area contributed by atoms with E-state index in [2.05, 4.69) is 20.4 Å². The highest BCUT2D eigenvalue weighted by molar-refractivity contribution is 7.98. The van der Waals surface area contributed by atoms with Gasteiger partial charge >= 0.3 is 0 Å². The number of nitrogens with zero attached hydrogens (tertiary/aromatic N) is 4. The molecule has 130 valence electrons. The van der Waals surface area contributed by atoms with Gasteiger partial charge in [0.25, 0.3) is 5.78 Å². The van der Waals surface area contributed by atoms with Gasteiger partial charge in [0.15, 0.2) is 0 Å². The summed E-state index contributed by atoms with van der Waals surface area (Å²) < 4.78 is 1.74. The van der Waals surface area contributed by atoms with Crippen LogP contribution in [0.5, 0.6) is 0 Å². The molecule has 1 N–H and O–H groups in total. The molecule has 0 radical (unpaired) electrons. The van der Waals surface area contributed by atoms with Crippen molar-refractivity contribution >= 4 is 46.6 Å². The minimum Gasteiger partial charge on any atom is -0.367 e. The number of anilines is 1. The number of hydrogen-bond donors (Lipinski definition) is 1. The van der Waals surface area contributed by atoms with Gasteiger partial charge in [0.1, 0.15) is 11.0 Å². The van der Waals surface area contributed by atoms with Crippen LogP contribution in [0, 0.1) is 0 Å². The maximum Gasteiger partial charge on any atom is 0.256 e. The van der Waals surface area contributed by atoms with E-state index < -0.39 is 0 Å². The fraction of sp³-hybridized carbons (Fsp3) is 0.353. The number of nitrogens with one attached hydrogen (secondary N) is 1. The minimum absolute atomic E-state index is 0.376. The fourth-order valence-corrected chi connectivity index (χ4v) is 4.07. The zero-order chi connectivity index (χ0) is 17.4. The monoisotopic (exact) mass is 393 g/mol. The van der Waals surface area contributed by atoms with Crippen molar-refractivity contribution in [3.8, 4) is 11.1 Å². The highest BCUT2D eigenvalue weighted by Crippen LogP contribution is 2.39. The van der Waals surface area contributed by atoms with Gasteiger partial charge < -0.3 is 5.32 Å². The smallest absolute Gasteiger partial charge is 0.256 e. The number of rotatable bonds is 4. The fourth-order valence-electron chi connectivity index (χ4n) is 3.24. The number of hydrogen-bond acceptors (Lipinski definition) is 5. The maximum absolute atomic E-state index is 6.56. The Bertz CT molecular complexity index is 921. The minimum atomic E-state index is 0.376. The number of aromatic nitrogens is 4. The lowest BCUT2D eigenvalue weighted by molar-refractivity contribution is 0.738. The van der Waals surface area contributed by atoms with Gasteiger partial charge in [0.2, 0.25) is 5.16 Å². The van der Waals surface area contributed by atoms with Crippen molar-refractivity contribution in [2.45, 2.75) is 36.9 Å². The number of thioether (sulfide) groups is 1. The Morgan fingerprint density at radius 3 is 2.64 bits per heavy atom. The first-order valence-electron chi connectivity index (χ1n) is 8.19. The highest BCUT2D eigenvalue weighted by Gasteiger charge is 2.24. The zero-order valence-corrected chi connectivity index (χ0v) is 16.0. The predicted octanol–water partition coefficient (Wildman–Crippen LogP) is 5.17. The molecule has 0 atom stereocenters. The molecule has 0 spiro atoms. The van der Waals surface area contributed by atoms with Crippen molar-refractivity contribution in [3.63, 3.8) is 0 Å². The molecule has 1 aromatic carbocycles. The molecule has 0 unspecified atom stereocenters. The molecule has 2 aromatic heterocycles. The van der Waals surface area contributed by atoms with Crippen LogP contribution in [0.3, 0.4) is 0 Å². The number of halogens is 2. The van der Waals surface area contributed by atoms with Gasteiger partial charge in [-0.2, -0.15) is 14.5 Å². The second-order valence-electron chi connectivity index (χ2n) is 6.04. The van der Waals surface area contributed by atoms with E-state index >= 15 is 0 Å². The summed E-state index contributed by atoms with van der Waals surface area (Å²) in [4.78, 5) is 8.87. The number of benzene rings is 1. The van der Waals surface area contributed by atoms with Crippen molar-refractivity contribution < 1.29 is 0 Å². The Kier molecular flexibility index (Phi) is 4.75. The van der Waals surface area contributed by atoms with Crippen LogP contribution in [-0.4, -0.2) is 31.9 Å². The molecule has 0 amide bonds. The van der Waals surface area contributed by atoms with Crippen molar-refractivity contribution in [1.82, 2.24) is 19.6 Å². The van der Waals surface area contributed by atoms with E-state index in [-0.39, 0.29) is 0 Å². The molecule has 1 aliphatic carbocycles. The average molecular weight is 394 g/mol. The van der Waals surface area contributed by atoms with E-state index in [0.717, 1.165) is 29.8 Å². The molecular weight excluding hydrogens is 377 g/mol. The lowest BCUT2D eigenvalue weighted by Crippen LogP contribution is -2.18. The molecule has 3 aromatic rings. The molecular formula is C17H17Cl2N5S. The topological polar surface area (TPSA) is 55.1 Å². The Balaban J connectivity index is 1.96. The molecule has 0 bridgehead atoms. The van der Waals surface area contributed by atoms with Gasteiger partial charge in [0.05, 0.1) is 5.56 Å². The molecule has 5 nitrogen and oxygen atoms in total. The van der Waals surface area contributed by atoms with Crippen molar-refractivity contribution in [3.05, 3.63) is 34.4 Å². The number of fused-ring (bicyclic) bond motifs is 1. The Labute approximate surface area is 160 Å². The summed E-state index contributed by atoms with van der Waals surface area (Å²) in [7, 11) is 0. The first kappa shape index (κ1) is 16.9. The van der Waals surface area contributed by atoms with E-state index in [1.54, 1.807) is 4.52 Å². The third-order valence-corrected chi connectivity index (χ3v) is 5.59. The first-order valence-corrected chi connectivity index (χ1v) is 10.2. The predicted molar refractivity (Wildman–Crippen MR) is 104 cm³/mol. The van der Waals surface area contributed by atoms with Crippen LogP contribution in [0.15, 0.2) is 29.4 Å². The molecule has 0 aliphatic heterocycles. The van der Waals surface area contributed by atoms with Gasteiger partial charge in [-0.3, -0.25) is 0 Å². The molecule has 1 fully saturated rings. The second kappa shape index (κ2) is 7.02. The molecule has 25 heavy (non-hydrogen) atoms. The van der Waals surface area contributed by atoms with Crippen LogP contribution in [0.25, 0.3) is 16.9 Å². The Morgan fingerprint density at radius 2 is 1.92 bits per heavy atom. The molecule has 0 saturated heterocycles. The standard InChI is InChI=1S/C17H17Cl2N5S/c1-25-17-22-16-21-14(19)13(11-8-4-5-9-12(11)18)15(24(16)23-17)20-10-6-2-3-7-10/h4-5,8-10,20H,2-3,6-7H2,1H3. The molecule has 8 heteroatoms. The summed E-state index contributed by atoms with van der Waals surface area (Å²) in [5.41, 5.74) is 1.61. The second-order valence-corrected chi connectivity index (χ2v) is 7.58. The lowest BCUT2D eigenvalue weighted by atomic mass is 10.1. The SMILES string of the molecule is CSc1nc2nc(Cl)c(-c3ccccc3Cl)c(NC3CCCC3)n2n1. The van der Waals surface area contributed by atoms with E-state index in [0.29, 0.717) is 27.2 Å². The van der Waals surface area contributed by atoms with Crippen LogP contribution in [0.1, 0.15) is 25.7 Å². The van der Waals surface area contributed by atoms with E-state index in [1.165, 1.54) is 24.6 Å². The van der Waals surface area contributed by atoms with Crippen LogP contribution in [-0.2, 0) is 0 Å². The van der Waals surface area contributed by atoms with Crippen LogP contribution >= 0.6 is 35.0 Å². The van der Waals surface area contributed by atoms with Crippen LogP contribution in [0.4, 0.5) is 5.82 Å². The van der Waals surface area contributed by atoms with E-state index in [9.17, 15) is 0 Å². The van der Waals surface area contributed by atoms with Gasteiger partial charge in [-0.05, 0) is 25.2 Å². The summed E-state index contributed by atoms with van der Waals surface area (Å²) in [6, 6.07) is 8.03. The maximum atomic E-state index is 6.56.